The Labute approximate surface area is 117 Å². The summed E-state index contributed by atoms with van der Waals surface area (Å²) in [7, 11) is 0. The first-order valence-electron chi connectivity index (χ1n) is 6.06. The van der Waals surface area contributed by atoms with Crippen LogP contribution < -0.4 is 14.8 Å². The summed E-state index contributed by atoms with van der Waals surface area (Å²) in [4.78, 5) is 0. The first-order chi connectivity index (χ1) is 10.0. The molecule has 8 heteroatoms. The predicted octanol–water partition coefficient (Wildman–Crippen LogP) is 2.84. The molecule has 0 unspecified atom stereocenters. The lowest BCUT2D eigenvalue weighted by atomic mass is 10.2. The van der Waals surface area contributed by atoms with Crippen LogP contribution in [0.15, 0.2) is 30.3 Å². The topological polar surface area (TPSA) is 56.3 Å². The van der Waals surface area contributed by atoms with E-state index in [9.17, 15) is 13.2 Å². The molecule has 1 aliphatic rings. The van der Waals surface area contributed by atoms with Gasteiger partial charge in [-0.15, -0.1) is 10.2 Å². The maximum Gasteiger partial charge on any atom is 0.435 e. The van der Waals surface area contributed by atoms with Gasteiger partial charge in [0.05, 0.1) is 0 Å². The van der Waals surface area contributed by atoms with Crippen LogP contribution in [0.25, 0.3) is 0 Å². The molecule has 1 N–H and O–H groups in total. The minimum absolute atomic E-state index is 0.191. The van der Waals surface area contributed by atoms with E-state index in [4.69, 9.17) is 9.47 Å². The van der Waals surface area contributed by atoms with Crippen molar-refractivity contribution in [3.05, 3.63) is 41.6 Å². The van der Waals surface area contributed by atoms with Crippen molar-refractivity contribution in [2.45, 2.75) is 12.7 Å². The Morgan fingerprint density at radius 3 is 2.57 bits per heavy atom. The largest absolute Gasteiger partial charge is 0.454 e. The fraction of sp³-hybridized carbons (Fsp3) is 0.231. The van der Waals surface area contributed by atoms with E-state index >= 15 is 0 Å². The van der Waals surface area contributed by atoms with E-state index in [-0.39, 0.29) is 12.6 Å². The Morgan fingerprint density at radius 2 is 1.86 bits per heavy atom. The second kappa shape index (κ2) is 5.12. The summed E-state index contributed by atoms with van der Waals surface area (Å²) in [5.41, 5.74) is -0.128. The second-order valence-electron chi connectivity index (χ2n) is 4.34. The number of hydrogen-bond donors (Lipinski definition) is 1. The minimum Gasteiger partial charge on any atom is -0.454 e. The highest BCUT2D eigenvalue weighted by Gasteiger charge is 2.32. The van der Waals surface area contributed by atoms with Crippen molar-refractivity contribution in [3.63, 3.8) is 0 Å². The number of benzene rings is 1. The first-order valence-corrected chi connectivity index (χ1v) is 6.06. The van der Waals surface area contributed by atoms with Crippen molar-refractivity contribution in [1.82, 2.24) is 10.2 Å². The number of nitrogens with zero attached hydrogens (tertiary/aromatic N) is 2. The van der Waals surface area contributed by atoms with Crippen LogP contribution in [-0.2, 0) is 12.7 Å². The van der Waals surface area contributed by atoms with Gasteiger partial charge in [-0.1, -0.05) is 6.07 Å². The number of rotatable bonds is 3. The fourth-order valence-electron chi connectivity index (χ4n) is 1.82. The first kappa shape index (κ1) is 13.5. The van der Waals surface area contributed by atoms with Crippen LogP contribution in [0, 0.1) is 0 Å². The maximum atomic E-state index is 12.3. The van der Waals surface area contributed by atoms with Crippen LogP contribution in [0.1, 0.15) is 11.3 Å². The van der Waals surface area contributed by atoms with Gasteiger partial charge in [0.15, 0.2) is 17.2 Å². The van der Waals surface area contributed by atoms with Gasteiger partial charge in [0.2, 0.25) is 6.79 Å². The van der Waals surface area contributed by atoms with Crippen LogP contribution in [0.3, 0.4) is 0 Å². The molecule has 0 bridgehead atoms. The van der Waals surface area contributed by atoms with E-state index in [1.165, 1.54) is 6.07 Å². The summed E-state index contributed by atoms with van der Waals surface area (Å²) in [6.45, 7) is 0.577. The monoisotopic (exact) mass is 297 g/mol. The van der Waals surface area contributed by atoms with E-state index in [0.717, 1.165) is 11.6 Å². The number of aromatic nitrogens is 2. The van der Waals surface area contributed by atoms with E-state index < -0.39 is 11.9 Å². The predicted molar refractivity (Wildman–Crippen MR) is 66.9 cm³/mol. The van der Waals surface area contributed by atoms with E-state index in [1.807, 2.05) is 6.07 Å². The summed E-state index contributed by atoms with van der Waals surface area (Å²) >= 11 is 0. The standard InChI is InChI=1S/C13H10F3N3O2/c14-13(15,16)11-3-4-12(19-18-11)17-6-8-1-2-9-10(5-8)21-7-20-9/h1-5H,6-7H2,(H,17,19). The molecule has 0 saturated heterocycles. The SMILES string of the molecule is FC(F)(F)c1ccc(NCc2ccc3c(c2)OCO3)nn1. The molecule has 1 aromatic heterocycles. The molecule has 0 saturated carbocycles. The van der Waals surface area contributed by atoms with Crippen molar-refractivity contribution in [2.24, 2.45) is 0 Å². The molecule has 21 heavy (non-hydrogen) atoms. The smallest absolute Gasteiger partial charge is 0.435 e. The third-order valence-corrected chi connectivity index (χ3v) is 2.87. The normalized spacial score (nSPS) is 13.3. The van der Waals surface area contributed by atoms with Gasteiger partial charge in [-0.3, -0.25) is 0 Å². The van der Waals surface area contributed by atoms with Crippen molar-refractivity contribution < 1.29 is 22.6 Å². The molecular weight excluding hydrogens is 287 g/mol. The van der Waals surface area contributed by atoms with Gasteiger partial charge in [0.1, 0.15) is 5.82 Å². The molecule has 3 rings (SSSR count). The number of hydrogen-bond acceptors (Lipinski definition) is 5. The molecule has 0 amide bonds. The Morgan fingerprint density at radius 1 is 1.05 bits per heavy atom. The quantitative estimate of drug-likeness (QED) is 0.944. The number of halogens is 3. The van der Waals surface area contributed by atoms with Gasteiger partial charge in [-0.2, -0.15) is 13.2 Å². The van der Waals surface area contributed by atoms with Crippen LogP contribution in [0.4, 0.5) is 19.0 Å². The number of fused-ring (bicyclic) bond motifs is 1. The maximum absolute atomic E-state index is 12.3. The lowest BCUT2D eigenvalue weighted by molar-refractivity contribution is -0.141. The van der Waals surface area contributed by atoms with Gasteiger partial charge < -0.3 is 14.8 Å². The molecule has 2 aromatic rings. The molecular formula is C13H10F3N3O2. The zero-order valence-electron chi connectivity index (χ0n) is 10.6. The molecule has 0 spiro atoms. The zero-order chi connectivity index (χ0) is 14.9. The lowest BCUT2D eigenvalue weighted by Gasteiger charge is -2.08. The molecule has 110 valence electrons. The van der Waals surface area contributed by atoms with Crippen molar-refractivity contribution >= 4 is 5.82 Å². The van der Waals surface area contributed by atoms with Gasteiger partial charge in [0.25, 0.3) is 0 Å². The third kappa shape index (κ3) is 2.99. The summed E-state index contributed by atoms with van der Waals surface area (Å²) in [5.74, 6) is 1.58. The highest BCUT2D eigenvalue weighted by molar-refractivity contribution is 5.45. The molecule has 5 nitrogen and oxygen atoms in total. The number of nitrogens with one attached hydrogen (secondary N) is 1. The average molecular weight is 297 g/mol. The number of anilines is 1. The van der Waals surface area contributed by atoms with Gasteiger partial charge >= 0.3 is 6.18 Å². The van der Waals surface area contributed by atoms with E-state index in [1.54, 1.807) is 12.1 Å². The molecule has 1 aliphatic heterocycles. The van der Waals surface area contributed by atoms with Crippen LogP contribution >= 0.6 is 0 Å². The van der Waals surface area contributed by atoms with Gasteiger partial charge in [-0.25, -0.2) is 0 Å². The average Bonchev–Trinajstić information content (AvgIpc) is 2.92. The number of ether oxygens (including phenoxy) is 2. The molecule has 0 aliphatic carbocycles. The van der Waals surface area contributed by atoms with Crippen molar-refractivity contribution in [1.29, 1.82) is 0 Å². The number of alkyl halides is 3. The Hall–Kier alpha value is -2.51. The Kier molecular flexibility index (Phi) is 3.28. The zero-order valence-corrected chi connectivity index (χ0v) is 10.6. The second-order valence-corrected chi connectivity index (χ2v) is 4.34. The summed E-state index contributed by atoms with van der Waals surface area (Å²) < 4.78 is 47.5. The van der Waals surface area contributed by atoms with Crippen LogP contribution in [0.5, 0.6) is 11.5 Å². The third-order valence-electron chi connectivity index (χ3n) is 2.87. The minimum atomic E-state index is -4.48. The molecule has 2 heterocycles. The van der Waals surface area contributed by atoms with Crippen molar-refractivity contribution in [2.75, 3.05) is 12.1 Å². The molecule has 0 fully saturated rings. The highest BCUT2D eigenvalue weighted by Crippen LogP contribution is 2.32. The molecule has 0 atom stereocenters. The van der Waals surface area contributed by atoms with Gasteiger partial charge in [0, 0.05) is 6.54 Å². The summed E-state index contributed by atoms with van der Waals surface area (Å²) in [6.07, 6.45) is -4.48. The van der Waals surface area contributed by atoms with Crippen molar-refractivity contribution in [3.8, 4) is 11.5 Å². The molecule has 1 aromatic carbocycles. The highest BCUT2D eigenvalue weighted by atomic mass is 19.4. The summed E-state index contributed by atoms with van der Waals surface area (Å²) in [6, 6.07) is 7.53. The Bertz CT molecular complexity index is 644. The van der Waals surface area contributed by atoms with Crippen LogP contribution in [-0.4, -0.2) is 17.0 Å². The van der Waals surface area contributed by atoms with Crippen LogP contribution in [0.2, 0.25) is 0 Å². The fourth-order valence-corrected chi connectivity index (χ4v) is 1.82. The molecule has 0 radical (unpaired) electrons. The van der Waals surface area contributed by atoms with Gasteiger partial charge in [-0.05, 0) is 29.8 Å². The van der Waals surface area contributed by atoms with E-state index in [0.29, 0.717) is 18.0 Å². The van der Waals surface area contributed by atoms with E-state index in [2.05, 4.69) is 15.5 Å². The lowest BCUT2D eigenvalue weighted by Crippen LogP contribution is -2.10. The summed E-state index contributed by atoms with van der Waals surface area (Å²) in [5, 5.41) is 9.53. The Balaban J connectivity index is 1.65.